The van der Waals surface area contributed by atoms with Crippen molar-refractivity contribution in [1.29, 1.82) is 0 Å². The number of hydrogen-bond acceptors (Lipinski definition) is 2. The van der Waals surface area contributed by atoms with Crippen molar-refractivity contribution in [3.8, 4) is 0 Å². The normalized spacial score (nSPS) is 20.5. The number of nitrogens with zero attached hydrogens (tertiary/aromatic N) is 1. The summed E-state index contributed by atoms with van der Waals surface area (Å²) in [6, 6.07) is 9.73. The zero-order valence-corrected chi connectivity index (χ0v) is 12.5. The van der Waals surface area contributed by atoms with E-state index in [-0.39, 0.29) is 0 Å². The number of aliphatic carboxylic acids is 1. The van der Waals surface area contributed by atoms with Gasteiger partial charge in [0.05, 0.1) is 5.41 Å². The summed E-state index contributed by atoms with van der Waals surface area (Å²) < 4.78 is 0. The summed E-state index contributed by atoms with van der Waals surface area (Å²) >= 11 is 0. The van der Waals surface area contributed by atoms with Crippen LogP contribution in [0.5, 0.6) is 0 Å². The summed E-state index contributed by atoms with van der Waals surface area (Å²) in [7, 11) is 0. The lowest BCUT2D eigenvalue weighted by molar-refractivity contribution is -0.146. The Morgan fingerprint density at radius 1 is 1.30 bits per heavy atom. The van der Waals surface area contributed by atoms with Crippen LogP contribution < -0.4 is 0 Å². The molecule has 1 aromatic carbocycles. The first-order chi connectivity index (χ1) is 9.58. The topological polar surface area (TPSA) is 40.5 Å². The number of carboxylic acid groups (broad SMARTS) is 1. The molecule has 0 spiro atoms. The zero-order chi connectivity index (χ0) is 14.6. The summed E-state index contributed by atoms with van der Waals surface area (Å²) in [6.07, 6.45) is 2.60. The molecule has 3 heteroatoms. The molecule has 2 rings (SSSR count). The van der Waals surface area contributed by atoms with Crippen molar-refractivity contribution in [3.63, 3.8) is 0 Å². The van der Waals surface area contributed by atoms with Crippen molar-refractivity contribution < 1.29 is 9.90 Å². The Labute approximate surface area is 121 Å². The van der Waals surface area contributed by atoms with E-state index in [1.54, 1.807) is 0 Å². The second-order valence-electron chi connectivity index (χ2n) is 6.07. The Kier molecular flexibility index (Phi) is 4.81. The molecule has 1 unspecified atom stereocenters. The molecule has 1 saturated heterocycles. The largest absolute Gasteiger partial charge is 0.481 e. The van der Waals surface area contributed by atoms with Gasteiger partial charge in [0.1, 0.15) is 0 Å². The fourth-order valence-electron chi connectivity index (χ4n) is 3.07. The monoisotopic (exact) mass is 275 g/mol. The molecule has 1 aliphatic heterocycles. The predicted molar refractivity (Wildman–Crippen MR) is 80.9 cm³/mol. The number of likely N-dealkylation sites (tertiary alicyclic amines) is 1. The minimum atomic E-state index is -0.687. The average Bonchev–Trinajstić information content (AvgIpc) is 2.48. The lowest BCUT2D eigenvalue weighted by Gasteiger charge is -2.40. The third-order valence-electron chi connectivity index (χ3n) is 4.71. The van der Waals surface area contributed by atoms with E-state index in [2.05, 4.69) is 18.7 Å². The average molecular weight is 275 g/mol. The molecule has 0 bridgehead atoms. The van der Waals surface area contributed by atoms with Crippen molar-refractivity contribution in [3.05, 3.63) is 35.9 Å². The smallest absolute Gasteiger partial charge is 0.314 e. The molecule has 1 aliphatic rings. The highest BCUT2D eigenvalue weighted by molar-refractivity contribution is 5.81. The van der Waals surface area contributed by atoms with Gasteiger partial charge in [-0.3, -0.25) is 4.79 Å². The maximum absolute atomic E-state index is 11.8. The van der Waals surface area contributed by atoms with Crippen LogP contribution in [-0.2, 0) is 10.2 Å². The third kappa shape index (κ3) is 3.04. The van der Waals surface area contributed by atoms with Crippen LogP contribution in [0.25, 0.3) is 0 Å². The predicted octanol–water partition coefficient (Wildman–Crippen LogP) is 3.15. The summed E-state index contributed by atoms with van der Waals surface area (Å²) in [5, 5.41) is 9.74. The number of hydrogen-bond donors (Lipinski definition) is 1. The lowest BCUT2D eigenvalue weighted by Crippen LogP contribution is -2.48. The molecule has 0 saturated carbocycles. The summed E-state index contributed by atoms with van der Waals surface area (Å²) in [6.45, 7) is 7.31. The van der Waals surface area contributed by atoms with Gasteiger partial charge in [0.25, 0.3) is 0 Å². The first kappa shape index (κ1) is 15.0. The standard InChI is InChI=1S/C17H25NO2/c1-3-14(2)13-18-11-9-17(10-12-18,16(19)20)15-7-5-4-6-8-15/h4-8,14H,3,9-13H2,1-2H3,(H,19,20). The first-order valence-corrected chi connectivity index (χ1v) is 7.60. The van der Waals surface area contributed by atoms with Crippen LogP contribution in [0.2, 0.25) is 0 Å². The molecule has 1 heterocycles. The molecule has 1 fully saturated rings. The molecule has 0 aromatic heterocycles. The van der Waals surface area contributed by atoms with Gasteiger partial charge in [-0.2, -0.15) is 0 Å². The summed E-state index contributed by atoms with van der Waals surface area (Å²) in [5.41, 5.74) is 0.267. The SMILES string of the molecule is CCC(C)CN1CCC(C(=O)O)(c2ccccc2)CC1. The van der Waals surface area contributed by atoms with Gasteiger partial charge in [-0.1, -0.05) is 50.6 Å². The van der Waals surface area contributed by atoms with Gasteiger partial charge in [-0.05, 0) is 37.4 Å². The van der Waals surface area contributed by atoms with Gasteiger partial charge >= 0.3 is 5.97 Å². The van der Waals surface area contributed by atoms with E-state index in [4.69, 9.17) is 0 Å². The van der Waals surface area contributed by atoms with E-state index in [0.29, 0.717) is 18.8 Å². The highest BCUT2D eigenvalue weighted by atomic mass is 16.4. The fraction of sp³-hybridized carbons (Fsp3) is 0.588. The Balaban J connectivity index is 2.09. The maximum Gasteiger partial charge on any atom is 0.314 e. The van der Waals surface area contributed by atoms with Gasteiger partial charge in [-0.15, -0.1) is 0 Å². The second kappa shape index (κ2) is 6.40. The van der Waals surface area contributed by atoms with Gasteiger partial charge < -0.3 is 10.0 Å². The van der Waals surface area contributed by atoms with E-state index in [1.807, 2.05) is 30.3 Å². The quantitative estimate of drug-likeness (QED) is 0.897. The first-order valence-electron chi connectivity index (χ1n) is 7.60. The lowest BCUT2D eigenvalue weighted by atomic mass is 9.72. The number of carbonyl (C=O) groups is 1. The Bertz CT molecular complexity index is 436. The molecule has 0 amide bonds. The van der Waals surface area contributed by atoms with Gasteiger partial charge in [0.15, 0.2) is 0 Å². The molecular weight excluding hydrogens is 250 g/mol. The van der Waals surface area contributed by atoms with E-state index in [9.17, 15) is 9.90 Å². The van der Waals surface area contributed by atoms with Crippen LogP contribution in [-0.4, -0.2) is 35.6 Å². The van der Waals surface area contributed by atoms with Crippen molar-refractivity contribution in [2.24, 2.45) is 5.92 Å². The van der Waals surface area contributed by atoms with Crippen molar-refractivity contribution in [2.45, 2.75) is 38.5 Å². The van der Waals surface area contributed by atoms with Gasteiger partial charge in [0.2, 0.25) is 0 Å². The van der Waals surface area contributed by atoms with Crippen LogP contribution in [0, 0.1) is 5.92 Å². The Hall–Kier alpha value is -1.35. The summed E-state index contributed by atoms with van der Waals surface area (Å²) in [4.78, 5) is 14.3. The zero-order valence-electron chi connectivity index (χ0n) is 12.5. The van der Waals surface area contributed by atoms with E-state index in [1.165, 1.54) is 6.42 Å². The van der Waals surface area contributed by atoms with Crippen LogP contribution in [0.15, 0.2) is 30.3 Å². The highest BCUT2D eigenvalue weighted by Crippen LogP contribution is 2.36. The molecule has 1 atom stereocenters. The minimum absolute atomic E-state index is 0.674. The number of benzene rings is 1. The maximum atomic E-state index is 11.8. The molecule has 0 aliphatic carbocycles. The number of piperidine rings is 1. The van der Waals surface area contributed by atoms with Crippen molar-refractivity contribution in [2.75, 3.05) is 19.6 Å². The molecule has 110 valence electrons. The highest BCUT2D eigenvalue weighted by Gasteiger charge is 2.42. The second-order valence-corrected chi connectivity index (χ2v) is 6.07. The fourth-order valence-corrected chi connectivity index (χ4v) is 3.07. The number of rotatable bonds is 5. The third-order valence-corrected chi connectivity index (χ3v) is 4.71. The van der Waals surface area contributed by atoms with Gasteiger partial charge in [0, 0.05) is 6.54 Å². The number of carboxylic acids is 1. The van der Waals surface area contributed by atoms with Crippen molar-refractivity contribution in [1.82, 2.24) is 4.90 Å². The van der Waals surface area contributed by atoms with Crippen LogP contribution >= 0.6 is 0 Å². The minimum Gasteiger partial charge on any atom is -0.481 e. The Morgan fingerprint density at radius 2 is 1.90 bits per heavy atom. The van der Waals surface area contributed by atoms with E-state index >= 15 is 0 Å². The molecule has 1 N–H and O–H groups in total. The Morgan fingerprint density at radius 3 is 2.40 bits per heavy atom. The van der Waals surface area contributed by atoms with Crippen LogP contribution in [0.3, 0.4) is 0 Å². The van der Waals surface area contributed by atoms with Crippen LogP contribution in [0.4, 0.5) is 0 Å². The summed E-state index contributed by atoms with van der Waals surface area (Å²) in [5.74, 6) is 0.0101. The van der Waals surface area contributed by atoms with E-state index in [0.717, 1.165) is 25.2 Å². The molecule has 1 aromatic rings. The molecule has 0 radical (unpaired) electrons. The van der Waals surface area contributed by atoms with Gasteiger partial charge in [-0.25, -0.2) is 0 Å². The van der Waals surface area contributed by atoms with Crippen molar-refractivity contribution >= 4 is 5.97 Å². The molecule has 3 nitrogen and oxygen atoms in total. The van der Waals surface area contributed by atoms with Crippen LogP contribution in [0.1, 0.15) is 38.7 Å². The molecular formula is C17H25NO2. The molecule has 20 heavy (non-hydrogen) atoms. The van der Waals surface area contributed by atoms with E-state index < -0.39 is 11.4 Å².